The topological polar surface area (TPSA) is 106 Å². The van der Waals surface area contributed by atoms with Crippen LogP contribution in [0.5, 0.6) is 0 Å². The molecule has 0 atom stereocenters. The van der Waals surface area contributed by atoms with E-state index >= 15 is 0 Å². The normalized spacial score (nSPS) is 22.3. The van der Waals surface area contributed by atoms with Crippen LogP contribution in [0.4, 0.5) is 0 Å². The van der Waals surface area contributed by atoms with Crippen LogP contribution in [-0.2, 0) is 0 Å². The van der Waals surface area contributed by atoms with Gasteiger partial charge in [0.2, 0.25) is 0 Å². The lowest BCUT2D eigenvalue weighted by Gasteiger charge is -2.34. The number of hydrogen-bond donors (Lipinski definition) is 3. The van der Waals surface area contributed by atoms with Gasteiger partial charge in [0, 0.05) is 19.8 Å². The summed E-state index contributed by atoms with van der Waals surface area (Å²) in [6.45, 7) is 0.495. The van der Waals surface area contributed by atoms with Crippen molar-refractivity contribution >= 4 is 5.91 Å². The van der Waals surface area contributed by atoms with Gasteiger partial charge in [0.1, 0.15) is 5.56 Å². The number of amides is 1. The zero-order valence-corrected chi connectivity index (χ0v) is 9.97. The van der Waals surface area contributed by atoms with Crippen molar-refractivity contribution in [2.24, 2.45) is 5.92 Å². The number of nitrogens with one attached hydrogen (secondary N) is 2. The fraction of sp³-hybridized carbons (Fsp3) is 0.545. The maximum absolute atomic E-state index is 12.0. The highest BCUT2D eigenvalue weighted by molar-refractivity contribution is 5.93. The largest absolute Gasteiger partial charge is 0.393 e. The molecule has 2 rings (SSSR count). The molecule has 0 unspecified atom stereocenters. The Bertz CT molecular complexity index is 556. The number of nitrogens with zero attached hydrogens (tertiary/aromatic N) is 1. The molecule has 1 saturated carbocycles. The molecule has 1 amide bonds. The number of aliphatic hydroxyl groups is 1. The Balaban J connectivity index is 2.06. The number of carbonyl (C=O) groups excluding carboxylic acids is 1. The molecule has 0 bridgehead atoms. The fourth-order valence-corrected chi connectivity index (χ4v) is 2.09. The van der Waals surface area contributed by atoms with E-state index in [1.54, 1.807) is 7.05 Å². The summed E-state index contributed by atoms with van der Waals surface area (Å²) < 4.78 is 0. The highest BCUT2D eigenvalue weighted by atomic mass is 16.3. The molecule has 0 saturated heterocycles. The first-order chi connectivity index (χ1) is 8.47. The molecule has 1 aliphatic carbocycles. The second kappa shape index (κ2) is 4.77. The third-order valence-corrected chi connectivity index (χ3v) is 3.14. The molecule has 1 aliphatic rings. The number of hydrogen-bond acceptors (Lipinski definition) is 4. The Morgan fingerprint density at radius 1 is 1.50 bits per heavy atom. The number of aliphatic hydroxyl groups excluding tert-OH is 1. The molecular weight excluding hydrogens is 238 g/mol. The monoisotopic (exact) mass is 253 g/mol. The number of aromatic nitrogens is 2. The van der Waals surface area contributed by atoms with E-state index in [0.29, 0.717) is 19.4 Å². The molecule has 0 aromatic carbocycles. The third kappa shape index (κ3) is 2.51. The Kier molecular flexibility index (Phi) is 3.33. The van der Waals surface area contributed by atoms with E-state index in [1.807, 2.05) is 4.98 Å². The number of aromatic amines is 2. The summed E-state index contributed by atoms with van der Waals surface area (Å²) in [6, 6.07) is 0. The lowest BCUT2D eigenvalue weighted by molar-refractivity contribution is 0.0265. The second-order valence-electron chi connectivity index (χ2n) is 4.66. The third-order valence-electron chi connectivity index (χ3n) is 3.14. The maximum atomic E-state index is 12.0. The highest BCUT2D eigenvalue weighted by Crippen LogP contribution is 2.27. The van der Waals surface area contributed by atoms with Crippen molar-refractivity contribution < 1.29 is 9.90 Å². The lowest BCUT2D eigenvalue weighted by Crippen LogP contribution is -2.41. The second-order valence-corrected chi connectivity index (χ2v) is 4.66. The first-order valence-corrected chi connectivity index (χ1v) is 5.73. The average molecular weight is 253 g/mol. The maximum Gasteiger partial charge on any atom is 0.325 e. The Hall–Kier alpha value is -1.89. The van der Waals surface area contributed by atoms with E-state index in [2.05, 4.69) is 4.98 Å². The standard InChI is InChI=1S/C11H15N3O4/c1-14(5-6-2-7(15)3-6)10(17)8-4-12-11(18)13-9(8)16/h4,6-7,15H,2-3,5H2,1H3,(H2,12,13,16,18). The van der Waals surface area contributed by atoms with Crippen LogP contribution in [0.3, 0.4) is 0 Å². The molecule has 1 aromatic rings. The van der Waals surface area contributed by atoms with Crippen LogP contribution in [-0.4, -0.2) is 45.6 Å². The molecule has 1 fully saturated rings. The summed E-state index contributed by atoms with van der Waals surface area (Å²) in [5.41, 5.74) is -1.41. The van der Waals surface area contributed by atoms with E-state index < -0.39 is 17.2 Å². The van der Waals surface area contributed by atoms with Gasteiger partial charge in [0.05, 0.1) is 6.10 Å². The summed E-state index contributed by atoms with van der Waals surface area (Å²) in [5, 5.41) is 9.16. The van der Waals surface area contributed by atoms with Gasteiger partial charge in [-0.1, -0.05) is 0 Å². The predicted octanol–water partition coefficient (Wildman–Crippen LogP) is -1.09. The molecule has 98 valence electrons. The molecular formula is C11H15N3O4. The Morgan fingerprint density at radius 2 is 2.17 bits per heavy atom. The van der Waals surface area contributed by atoms with Crippen LogP contribution in [0.2, 0.25) is 0 Å². The van der Waals surface area contributed by atoms with Gasteiger partial charge in [0.25, 0.3) is 11.5 Å². The molecule has 18 heavy (non-hydrogen) atoms. The minimum atomic E-state index is -0.691. The summed E-state index contributed by atoms with van der Waals surface area (Å²) in [7, 11) is 1.59. The molecule has 3 N–H and O–H groups in total. The highest BCUT2D eigenvalue weighted by Gasteiger charge is 2.29. The molecule has 1 heterocycles. The predicted molar refractivity (Wildman–Crippen MR) is 63.4 cm³/mol. The molecule has 0 spiro atoms. The van der Waals surface area contributed by atoms with Crippen molar-refractivity contribution in [1.29, 1.82) is 0 Å². The quantitative estimate of drug-likeness (QED) is 0.636. The number of carbonyl (C=O) groups is 1. The van der Waals surface area contributed by atoms with E-state index in [-0.39, 0.29) is 17.6 Å². The van der Waals surface area contributed by atoms with E-state index in [4.69, 9.17) is 5.11 Å². The summed E-state index contributed by atoms with van der Waals surface area (Å²) in [4.78, 5) is 39.9. The van der Waals surface area contributed by atoms with Crippen molar-refractivity contribution in [1.82, 2.24) is 14.9 Å². The van der Waals surface area contributed by atoms with Crippen LogP contribution < -0.4 is 11.2 Å². The summed E-state index contributed by atoms with van der Waals surface area (Å²) in [5.74, 6) is -0.162. The van der Waals surface area contributed by atoms with Crippen molar-refractivity contribution in [3.63, 3.8) is 0 Å². The SMILES string of the molecule is CN(CC1CC(O)C1)C(=O)c1c[nH]c(=O)[nH]c1=O. The minimum absolute atomic E-state index is 0.0861. The lowest BCUT2D eigenvalue weighted by atomic mass is 9.82. The van der Waals surface area contributed by atoms with Gasteiger partial charge in [-0.2, -0.15) is 0 Å². The van der Waals surface area contributed by atoms with Crippen molar-refractivity contribution in [3.05, 3.63) is 32.6 Å². The van der Waals surface area contributed by atoms with Gasteiger partial charge in [-0.3, -0.25) is 14.6 Å². The molecule has 0 radical (unpaired) electrons. The first kappa shape index (κ1) is 12.6. The summed E-state index contributed by atoms with van der Waals surface area (Å²) >= 11 is 0. The minimum Gasteiger partial charge on any atom is -0.393 e. The van der Waals surface area contributed by atoms with Gasteiger partial charge in [-0.25, -0.2) is 4.79 Å². The molecule has 0 aliphatic heterocycles. The van der Waals surface area contributed by atoms with Crippen LogP contribution in [0.25, 0.3) is 0 Å². The fourth-order valence-electron chi connectivity index (χ4n) is 2.09. The van der Waals surface area contributed by atoms with Gasteiger partial charge in [-0.05, 0) is 18.8 Å². The van der Waals surface area contributed by atoms with Crippen molar-refractivity contribution in [3.8, 4) is 0 Å². The smallest absolute Gasteiger partial charge is 0.325 e. The molecule has 7 heteroatoms. The van der Waals surface area contributed by atoms with E-state index in [9.17, 15) is 14.4 Å². The van der Waals surface area contributed by atoms with Gasteiger partial charge in [-0.15, -0.1) is 0 Å². The Labute approximate surface area is 102 Å². The van der Waals surface area contributed by atoms with Crippen molar-refractivity contribution in [2.75, 3.05) is 13.6 Å². The van der Waals surface area contributed by atoms with Crippen LogP contribution in [0, 0.1) is 5.92 Å². The zero-order chi connectivity index (χ0) is 13.3. The summed E-state index contributed by atoms with van der Waals surface area (Å²) in [6.07, 6.45) is 2.21. The van der Waals surface area contributed by atoms with E-state index in [0.717, 1.165) is 6.20 Å². The van der Waals surface area contributed by atoms with E-state index in [1.165, 1.54) is 4.90 Å². The number of rotatable bonds is 3. The molecule has 7 nitrogen and oxygen atoms in total. The van der Waals surface area contributed by atoms with Crippen LogP contribution in [0.1, 0.15) is 23.2 Å². The van der Waals surface area contributed by atoms with Gasteiger partial charge < -0.3 is 15.0 Å². The number of H-pyrrole nitrogens is 2. The van der Waals surface area contributed by atoms with Crippen molar-refractivity contribution in [2.45, 2.75) is 18.9 Å². The Morgan fingerprint density at radius 3 is 2.72 bits per heavy atom. The first-order valence-electron chi connectivity index (χ1n) is 5.73. The van der Waals surface area contributed by atoms with Gasteiger partial charge >= 0.3 is 5.69 Å². The van der Waals surface area contributed by atoms with Crippen LogP contribution in [0.15, 0.2) is 15.8 Å². The average Bonchev–Trinajstić information content (AvgIpc) is 2.26. The molecule has 1 aromatic heterocycles. The van der Waals surface area contributed by atoms with Gasteiger partial charge in [0.15, 0.2) is 0 Å². The van der Waals surface area contributed by atoms with Crippen LogP contribution >= 0.6 is 0 Å². The zero-order valence-electron chi connectivity index (χ0n) is 9.97.